The van der Waals surface area contributed by atoms with Crippen LogP contribution in [0.1, 0.15) is 27.2 Å². The molecule has 1 heterocycles. The van der Waals surface area contributed by atoms with Crippen LogP contribution in [-0.2, 0) is 9.84 Å². The molecule has 0 fully saturated rings. The number of anilines is 1. The monoisotopic (exact) mass is 435 g/mol. The first-order chi connectivity index (χ1) is 13.8. The fraction of sp³-hybridized carbons (Fsp3) is 0.429. The first-order valence-corrected chi connectivity index (χ1v) is 11.4. The number of ether oxygens (including phenoxy) is 1. The molecule has 0 aliphatic rings. The Hall–Kier alpha value is -2.65. The molecule has 1 atom stereocenters. The maximum Gasteiger partial charge on any atom is 0.412 e. The lowest BCUT2D eigenvalue weighted by molar-refractivity contribution is 0.203. The number of pyridine rings is 1. The van der Waals surface area contributed by atoms with Crippen molar-refractivity contribution in [2.24, 2.45) is 11.7 Å². The predicted octanol–water partition coefficient (Wildman–Crippen LogP) is 3.41. The highest BCUT2D eigenvalue weighted by Crippen LogP contribution is 2.32. The van der Waals surface area contributed by atoms with Gasteiger partial charge in [0.1, 0.15) is 23.1 Å². The van der Waals surface area contributed by atoms with Crippen molar-refractivity contribution in [2.45, 2.75) is 37.6 Å². The van der Waals surface area contributed by atoms with Crippen LogP contribution in [0.15, 0.2) is 41.4 Å². The quantitative estimate of drug-likeness (QED) is 0.651. The molecule has 0 radical (unpaired) electrons. The number of amides is 1. The van der Waals surface area contributed by atoms with E-state index in [0.717, 1.165) is 17.6 Å². The molecule has 30 heavy (non-hydrogen) atoms. The molecule has 2 rings (SSSR count). The van der Waals surface area contributed by atoms with Crippen molar-refractivity contribution in [2.75, 3.05) is 24.8 Å². The van der Waals surface area contributed by atoms with E-state index in [-0.39, 0.29) is 23.1 Å². The van der Waals surface area contributed by atoms with Crippen LogP contribution >= 0.6 is 0 Å². The second-order valence-corrected chi connectivity index (χ2v) is 10.2. The Morgan fingerprint density at radius 1 is 1.27 bits per heavy atom. The molecule has 164 valence electrons. The molecule has 0 spiro atoms. The van der Waals surface area contributed by atoms with Crippen LogP contribution in [0.25, 0.3) is 11.1 Å². The summed E-state index contributed by atoms with van der Waals surface area (Å²) in [4.78, 5) is 16.2. The molecule has 0 saturated heterocycles. The third kappa shape index (κ3) is 6.17. The summed E-state index contributed by atoms with van der Waals surface area (Å²) in [6.07, 6.45) is 2.17. The van der Waals surface area contributed by atoms with Gasteiger partial charge >= 0.3 is 6.09 Å². The van der Waals surface area contributed by atoms with Crippen molar-refractivity contribution < 1.29 is 23.1 Å². The number of nitrogens with zero attached hydrogens (tertiary/aromatic N) is 2. The minimum atomic E-state index is -3.58. The van der Waals surface area contributed by atoms with E-state index in [0.29, 0.717) is 17.0 Å². The van der Waals surface area contributed by atoms with Gasteiger partial charge in [-0.1, -0.05) is 19.9 Å². The Balaban J connectivity index is 2.40. The second kappa shape index (κ2) is 9.01. The van der Waals surface area contributed by atoms with E-state index in [4.69, 9.17) is 15.6 Å². The third-order valence-electron chi connectivity index (χ3n) is 4.48. The van der Waals surface area contributed by atoms with Gasteiger partial charge < -0.3 is 15.6 Å². The van der Waals surface area contributed by atoms with Crippen LogP contribution in [0.2, 0.25) is 0 Å². The Morgan fingerprint density at radius 2 is 1.90 bits per heavy atom. The van der Waals surface area contributed by atoms with Gasteiger partial charge in [-0.3, -0.25) is 4.90 Å². The van der Waals surface area contributed by atoms with Gasteiger partial charge in [0.25, 0.3) is 0 Å². The predicted molar refractivity (Wildman–Crippen MR) is 117 cm³/mol. The number of benzene rings is 1. The Bertz CT molecular complexity index is 1020. The summed E-state index contributed by atoms with van der Waals surface area (Å²) in [6, 6.07) is 8.09. The summed E-state index contributed by atoms with van der Waals surface area (Å²) in [7, 11) is -2.20. The molecule has 2 aromatic rings. The summed E-state index contributed by atoms with van der Waals surface area (Å²) >= 11 is 0. The number of sulfone groups is 1. The molecule has 1 aromatic carbocycles. The fourth-order valence-electron chi connectivity index (χ4n) is 3.21. The lowest BCUT2D eigenvalue weighted by Gasteiger charge is -2.27. The number of aromatic nitrogens is 1. The number of hydrogen-bond donors (Lipinski definition) is 2. The zero-order valence-electron chi connectivity index (χ0n) is 17.9. The number of nitrogens with two attached hydrogens (primary N) is 1. The van der Waals surface area contributed by atoms with Gasteiger partial charge in [0, 0.05) is 25.0 Å². The van der Waals surface area contributed by atoms with E-state index in [2.05, 4.69) is 18.8 Å². The highest BCUT2D eigenvalue weighted by Gasteiger charge is 2.23. The van der Waals surface area contributed by atoms with E-state index < -0.39 is 21.5 Å². The van der Waals surface area contributed by atoms with Crippen LogP contribution in [-0.4, -0.2) is 50.1 Å². The summed E-state index contributed by atoms with van der Waals surface area (Å²) in [6.45, 7) is 6.17. The summed E-state index contributed by atoms with van der Waals surface area (Å²) in [5.41, 5.74) is 6.92. The van der Waals surface area contributed by atoms with Crippen molar-refractivity contribution in [3.05, 3.63) is 36.5 Å². The van der Waals surface area contributed by atoms with E-state index >= 15 is 0 Å². The molecule has 0 saturated carbocycles. The average molecular weight is 436 g/mol. The van der Waals surface area contributed by atoms with Gasteiger partial charge in [0.2, 0.25) is 0 Å². The first kappa shape index (κ1) is 23.6. The van der Waals surface area contributed by atoms with E-state index in [1.807, 2.05) is 6.92 Å². The van der Waals surface area contributed by atoms with Gasteiger partial charge in [-0.15, -0.1) is 0 Å². The summed E-state index contributed by atoms with van der Waals surface area (Å²) in [5.74, 6) is 0.845. The second-order valence-electron chi connectivity index (χ2n) is 8.22. The number of carboxylic acid groups (broad SMARTS) is 1. The minimum Gasteiger partial charge on any atom is -0.490 e. The maximum atomic E-state index is 12.4. The van der Waals surface area contributed by atoms with Crippen LogP contribution < -0.4 is 15.4 Å². The van der Waals surface area contributed by atoms with Crippen LogP contribution in [0, 0.1) is 5.92 Å². The number of hydrogen-bond acceptors (Lipinski definition) is 6. The zero-order chi connectivity index (χ0) is 22.7. The fourth-order valence-corrected chi connectivity index (χ4v) is 4.04. The highest BCUT2D eigenvalue weighted by atomic mass is 32.2. The molecule has 1 amide bonds. The van der Waals surface area contributed by atoms with Crippen LogP contribution in [0.4, 0.5) is 10.6 Å². The topological polar surface area (TPSA) is 123 Å². The molecule has 0 unspecified atom stereocenters. The molecule has 8 nitrogen and oxygen atoms in total. The number of rotatable bonds is 8. The molecular weight excluding hydrogens is 406 g/mol. The summed E-state index contributed by atoms with van der Waals surface area (Å²) in [5, 5.41) is 9.14. The normalized spacial score (nSPS) is 13.7. The van der Waals surface area contributed by atoms with Gasteiger partial charge in [0.15, 0.2) is 9.84 Å². The van der Waals surface area contributed by atoms with E-state index in [9.17, 15) is 13.2 Å². The first-order valence-electron chi connectivity index (χ1n) is 9.49. The molecule has 3 N–H and O–H groups in total. The largest absolute Gasteiger partial charge is 0.490 e. The summed E-state index contributed by atoms with van der Waals surface area (Å²) < 4.78 is 30.6. The van der Waals surface area contributed by atoms with Crippen LogP contribution in [0.5, 0.6) is 5.75 Å². The van der Waals surface area contributed by atoms with Crippen molar-refractivity contribution in [3.8, 4) is 16.9 Å². The van der Waals surface area contributed by atoms with Gasteiger partial charge in [-0.25, -0.2) is 18.2 Å². The van der Waals surface area contributed by atoms with Crippen molar-refractivity contribution in [3.63, 3.8) is 0 Å². The Kier molecular flexibility index (Phi) is 7.10. The SMILES string of the molecule is CC(C)C[C@](C)(N)COc1ccc(-c2ccnc(N(C)C(=O)O)c2)cc1S(C)(=O)=O. The smallest absolute Gasteiger partial charge is 0.412 e. The maximum absolute atomic E-state index is 12.4. The minimum absolute atomic E-state index is 0.0466. The lowest BCUT2D eigenvalue weighted by atomic mass is 9.93. The number of carbonyl (C=O) groups is 1. The van der Waals surface area contributed by atoms with Crippen molar-refractivity contribution in [1.82, 2.24) is 4.98 Å². The van der Waals surface area contributed by atoms with Gasteiger partial charge in [0.05, 0.1) is 0 Å². The molecule has 0 aliphatic heterocycles. The molecule has 9 heteroatoms. The van der Waals surface area contributed by atoms with Crippen LogP contribution in [0.3, 0.4) is 0 Å². The zero-order valence-corrected chi connectivity index (χ0v) is 18.7. The van der Waals surface area contributed by atoms with Gasteiger partial charge in [-0.2, -0.15) is 0 Å². The van der Waals surface area contributed by atoms with E-state index in [1.54, 1.807) is 24.3 Å². The van der Waals surface area contributed by atoms with E-state index in [1.165, 1.54) is 19.3 Å². The Labute approximate surface area is 177 Å². The molecule has 1 aromatic heterocycles. The van der Waals surface area contributed by atoms with Gasteiger partial charge in [-0.05, 0) is 54.7 Å². The molecule has 0 bridgehead atoms. The lowest BCUT2D eigenvalue weighted by Crippen LogP contribution is -2.43. The van der Waals surface area contributed by atoms with Crippen molar-refractivity contribution in [1.29, 1.82) is 0 Å². The average Bonchev–Trinajstić information content (AvgIpc) is 2.64. The highest BCUT2D eigenvalue weighted by molar-refractivity contribution is 7.90. The van der Waals surface area contributed by atoms with Crippen molar-refractivity contribution >= 4 is 21.7 Å². The Morgan fingerprint density at radius 3 is 2.47 bits per heavy atom. The standard InChI is InChI=1S/C21H29N3O5S/c1-14(2)12-21(3,22)13-29-17-7-6-15(10-18(17)30(5,27)28)16-8-9-23-19(11-16)24(4)20(25)26/h6-11,14H,12-13,22H2,1-5H3,(H,25,26)/t21-/m0/s1. The molecular formula is C21H29N3O5S. The third-order valence-corrected chi connectivity index (χ3v) is 5.60. The molecule has 0 aliphatic carbocycles.